The van der Waals surface area contributed by atoms with Crippen molar-refractivity contribution in [3.05, 3.63) is 17.0 Å². The highest BCUT2D eigenvalue weighted by atomic mass is 32.2. The molecule has 0 spiro atoms. The lowest BCUT2D eigenvalue weighted by molar-refractivity contribution is 0.0697. The minimum atomic E-state index is -3.55. The molecule has 0 amide bonds. The van der Waals surface area contributed by atoms with E-state index >= 15 is 0 Å². The molecule has 1 rings (SSSR count). The second kappa shape index (κ2) is 5.67. The molecule has 16 heavy (non-hydrogen) atoms. The first-order valence-corrected chi connectivity index (χ1v) is 8.03. The lowest BCUT2D eigenvalue weighted by Gasteiger charge is -2.02. The van der Waals surface area contributed by atoms with Gasteiger partial charge in [0.25, 0.3) is 0 Å². The highest BCUT2D eigenvalue weighted by Crippen LogP contribution is 2.19. The van der Waals surface area contributed by atoms with Crippen LogP contribution < -0.4 is 4.72 Å². The number of sulfonamides is 1. The Morgan fingerprint density at radius 1 is 1.62 bits per heavy atom. The SMILES string of the molecule is CSCCNS(=O)(=O)c1cc(C(=O)O)cs1. The Balaban J connectivity index is 2.78. The topological polar surface area (TPSA) is 83.5 Å². The summed E-state index contributed by atoms with van der Waals surface area (Å²) >= 11 is 2.43. The van der Waals surface area contributed by atoms with Crippen LogP contribution in [0, 0.1) is 0 Å². The van der Waals surface area contributed by atoms with Gasteiger partial charge in [-0.25, -0.2) is 17.9 Å². The molecule has 0 bridgehead atoms. The first-order chi connectivity index (χ1) is 7.47. The molecule has 0 aliphatic rings. The van der Waals surface area contributed by atoms with Crippen LogP contribution in [0.25, 0.3) is 0 Å². The second-order valence-electron chi connectivity index (χ2n) is 2.85. The smallest absolute Gasteiger partial charge is 0.336 e. The lowest BCUT2D eigenvalue weighted by atomic mass is 10.4. The predicted molar refractivity (Wildman–Crippen MR) is 64.8 cm³/mol. The van der Waals surface area contributed by atoms with E-state index in [0.717, 1.165) is 17.4 Å². The molecular formula is C8H11NO4S3. The zero-order valence-electron chi connectivity index (χ0n) is 8.47. The van der Waals surface area contributed by atoms with E-state index in [1.54, 1.807) is 0 Å². The third-order valence-electron chi connectivity index (χ3n) is 1.69. The van der Waals surface area contributed by atoms with Crippen molar-refractivity contribution in [1.29, 1.82) is 0 Å². The van der Waals surface area contributed by atoms with E-state index < -0.39 is 16.0 Å². The molecule has 0 atom stereocenters. The third kappa shape index (κ3) is 3.48. The Kier molecular flexibility index (Phi) is 4.78. The van der Waals surface area contributed by atoms with Gasteiger partial charge in [-0.05, 0) is 12.3 Å². The molecule has 0 saturated carbocycles. The quantitative estimate of drug-likeness (QED) is 0.763. The molecule has 90 valence electrons. The summed E-state index contributed by atoms with van der Waals surface area (Å²) in [6, 6.07) is 1.16. The predicted octanol–water partition coefficient (Wildman–Crippen LogP) is 1.09. The molecule has 1 aromatic heterocycles. The number of hydrogen-bond acceptors (Lipinski definition) is 5. The minimum Gasteiger partial charge on any atom is -0.478 e. The summed E-state index contributed by atoms with van der Waals surface area (Å²) < 4.78 is 25.7. The van der Waals surface area contributed by atoms with Crippen molar-refractivity contribution in [2.24, 2.45) is 0 Å². The molecule has 0 aliphatic heterocycles. The minimum absolute atomic E-state index is 0.00441. The van der Waals surface area contributed by atoms with Crippen LogP contribution in [-0.2, 0) is 10.0 Å². The first kappa shape index (κ1) is 13.5. The van der Waals surface area contributed by atoms with Crippen LogP contribution in [-0.4, -0.2) is 38.0 Å². The fraction of sp³-hybridized carbons (Fsp3) is 0.375. The molecule has 0 aromatic carbocycles. The van der Waals surface area contributed by atoms with Crippen molar-refractivity contribution < 1.29 is 18.3 Å². The molecule has 8 heteroatoms. The summed E-state index contributed by atoms with van der Waals surface area (Å²) in [6.07, 6.45) is 1.88. The summed E-state index contributed by atoms with van der Waals surface area (Å²) in [5.41, 5.74) is -0.00441. The van der Waals surface area contributed by atoms with E-state index in [2.05, 4.69) is 4.72 Å². The zero-order chi connectivity index (χ0) is 12.2. The van der Waals surface area contributed by atoms with Crippen molar-refractivity contribution in [1.82, 2.24) is 4.72 Å². The molecule has 0 unspecified atom stereocenters. The van der Waals surface area contributed by atoms with E-state index in [-0.39, 0.29) is 9.77 Å². The van der Waals surface area contributed by atoms with Crippen LogP contribution in [0.15, 0.2) is 15.7 Å². The maximum absolute atomic E-state index is 11.6. The number of thioether (sulfide) groups is 1. The van der Waals surface area contributed by atoms with E-state index in [0.29, 0.717) is 12.3 Å². The van der Waals surface area contributed by atoms with E-state index in [4.69, 9.17) is 5.11 Å². The lowest BCUT2D eigenvalue weighted by Crippen LogP contribution is -2.25. The Hall–Kier alpha value is -0.570. The van der Waals surface area contributed by atoms with Gasteiger partial charge in [0.05, 0.1) is 5.56 Å². The molecule has 0 radical (unpaired) electrons. The van der Waals surface area contributed by atoms with Crippen LogP contribution in [0.5, 0.6) is 0 Å². The van der Waals surface area contributed by atoms with Crippen molar-refractivity contribution in [2.45, 2.75) is 4.21 Å². The van der Waals surface area contributed by atoms with E-state index in [1.165, 1.54) is 17.1 Å². The monoisotopic (exact) mass is 281 g/mol. The molecule has 0 saturated heterocycles. The number of thiophene rings is 1. The van der Waals surface area contributed by atoms with Gasteiger partial charge in [-0.3, -0.25) is 0 Å². The summed E-state index contributed by atoms with van der Waals surface area (Å²) in [6.45, 7) is 0.337. The summed E-state index contributed by atoms with van der Waals surface area (Å²) in [7, 11) is -3.55. The average molecular weight is 281 g/mol. The number of rotatable bonds is 6. The van der Waals surface area contributed by atoms with Crippen LogP contribution in [0.1, 0.15) is 10.4 Å². The van der Waals surface area contributed by atoms with Crippen molar-refractivity contribution in [3.8, 4) is 0 Å². The standard InChI is InChI=1S/C8H11NO4S3/c1-14-3-2-9-16(12,13)7-4-6(5-15-7)8(10)11/h4-5,9H,2-3H2,1H3,(H,10,11). The zero-order valence-corrected chi connectivity index (χ0v) is 10.9. The molecule has 0 aliphatic carbocycles. The number of aromatic carboxylic acids is 1. The number of carbonyl (C=O) groups is 1. The Bertz CT molecular complexity index is 465. The molecule has 5 nitrogen and oxygen atoms in total. The van der Waals surface area contributed by atoms with Gasteiger partial charge in [0.15, 0.2) is 0 Å². The van der Waals surface area contributed by atoms with Crippen molar-refractivity contribution in [2.75, 3.05) is 18.6 Å². The number of hydrogen-bond donors (Lipinski definition) is 2. The molecule has 1 aromatic rings. The number of nitrogens with one attached hydrogen (secondary N) is 1. The van der Waals surface area contributed by atoms with Gasteiger partial charge in [-0.2, -0.15) is 11.8 Å². The summed E-state index contributed by atoms with van der Waals surface area (Å²) in [5, 5.41) is 9.98. The highest BCUT2D eigenvalue weighted by Gasteiger charge is 2.17. The van der Waals surface area contributed by atoms with Gasteiger partial charge in [-0.1, -0.05) is 0 Å². The fourth-order valence-electron chi connectivity index (χ4n) is 0.919. The molecule has 2 N–H and O–H groups in total. The van der Waals surface area contributed by atoms with E-state index in [1.807, 2.05) is 6.26 Å². The average Bonchev–Trinajstić information content (AvgIpc) is 2.67. The van der Waals surface area contributed by atoms with Gasteiger partial charge >= 0.3 is 5.97 Å². The van der Waals surface area contributed by atoms with Gasteiger partial charge in [-0.15, -0.1) is 11.3 Å². The Morgan fingerprint density at radius 3 is 2.81 bits per heavy atom. The molecule has 0 fully saturated rings. The van der Waals surface area contributed by atoms with Crippen molar-refractivity contribution >= 4 is 39.1 Å². The molecule has 1 heterocycles. The van der Waals surface area contributed by atoms with Crippen LogP contribution in [0.2, 0.25) is 0 Å². The van der Waals surface area contributed by atoms with Crippen LogP contribution in [0.3, 0.4) is 0 Å². The number of carboxylic acids is 1. The molecular weight excluding hydrogens is 270 g/mol. The third-order valence-corrected chi connectivity index (χ3v) is 5.20. The maximum atomic E-state index is 11.6. The van der Waals surface area contributed by atoms with Crippen LogP contribution >= 0.6 is 23.1 Å². The van der Waals surface area contributed by atoms with E-state index in [9.17, 15) is 13.2 Å². The maximum Gasteiger partial charge on any atom is 0.336 e. The van der Waals surface area contributed by atoms with Gasteiger partial charge in [0.2, 0.25) is 10.0 Å². The normalized spacial score (nSPS) is 11.6. The number of carboxylic acid groups (broad SMARTS) is 1. The summed E-state index contributed by atoms with van der Waals surface area (Å²) in [4.78, 5) is 10.6. The second-order valence-corrected chi connectivity index (χ2v) is 6.74. The summed E-state index contributed by atoms with van der Waals surface area (Å²) in [5.74, 6) is -0.446. The van der Waals surface area contributed by atoms with Gasteiger partial charge < -0.3 is 5.11 Å². The largest absolute Gasteiger partial charge is 0.478 e. The Morgan fingerprint density at radius 2 is 2.31 bits per heavy atom. The van der Waals surface area contributed by atoms with Crippen LogP contribution in [0.4, 0.5) is 0 Å². The first-order valence-electron chi connectivity index (χ1n) is 4.28. The Labute approximate surface area is 102 Å². The van der Waals surface area contributed by atoms with Gasteiger partial charge in [0.1, 0.15) is 4.21 Å². The fourth-order valence-corrected chi connectivity index (χ4v) is 3.58. The van der Waals surface area contributed by atoms with Gasteiger partial charge in [0, 0.05) is 17.7 Å². The van der Waals surface area contributed by atoms with Crippen molar-refractivity contribution in [3.63, 3.8) is 0 Å². The highest BCUT2D eigenvalue weighted by molar-refractivity contribution is 7.98.